The quantitative estimate of drug-likeness (QED) is 0.279. The number of fused-ring (bicyclic) bond motifs is 5. The Hall–Kier alpha value is -3.43. The third-order valence-corrected chi connectivity index (χ3v) is 8.82. The van der Waals surface area contributed by atoms with Crippen molar-refractivity contribution in [3.63, 3.8) is 0 Å². The molecular formula is C28H21O2S+. The predicted molar refractivity (Wildman–Crippen MR) is 130 cm³/mol. The summed E-state index contributed by atoms with van der Waals surface area (Å²) < 4.78 is 5.39. The molecule has 0 radical (unpaired) electrons. The monoisotopic (exact) mass is 421 g/mol. The number of carbonyl (C=O) groups excluding carboxylic acids is 1. The molecule has 1 aliphatic heterocycles. The standard InChI is InChI=1S/C28H20O2S/c1-30-21-11-13-22(14-12-21)31-25-15-10-18-6-4-5-9-23(18)27(25)28(29)24-16-19-7-2-3-8-20(19)17-26(24)31/h2-17,24H,1H3/p+1. The molecule has 4 aromatic carbocycles. The molecule has 2 nitrogen and oxygen atoms in total. The minimum absolute atomic E-state index is 0.208. The van der Waals surface area contributed by atoms with Gasteiger partial charge in [0.1, 0.15) is 26.3 Å². The van der Waals surface area contributed by atoms with Crippen LogP contribution >= 0.6 is 0 Å². The van der Waals surface area contributed by atoms with Crippen molar-refractivity contribution in [2.24, 2.45) is 5.92 Å². The number of ketones is 1. The van der Waals surface area contributed by atoms with Crippen LogP contribution in [0.4, 0.5) is 0 Å². The lowest BCUT2D eigenvalue weighted by atomic mass is 9.87. The normalized spacial score (nSPS) is 19.0. The second-order valence-electron chi connectivity index (χ2n) is 7.92. The van der Waals surface area contributed by atoms with E-state index in [2.05, 4.69) is 66.7 Å². The molecule has 0 amide bonds. The number of ether oxygens (including phenoxy) is 1. The average Bonchev–Trinajstić information content (AvgIpc) is 2.83. The van der Waals surface area contributed by atoms with E-state index >= 15 is 0 Å². The number of benzene rings is 4. The molecule has 0 saturated heterocycles. The Morgan fingerprint density at radius 1 is 0.806 bits per heavy atom. The second-order valence-corrected chi connectivity index (χ2v) is 10.1. The Bertz CT molecular complexity index is 1530. The van der Waals surface area contributed by atoms with Gasteiger partial charge in [0.2, 0.25) is 0 Å². The van der Waals surface area contributed by atoms with Gasteiger partial charge in [-0.1, -0.05) is 65.1 Å². The van der Waals surface area contributed by atoms with Crippen LogP contribution in [-0.2, 0) is 10.5 Å². The number of thiol groups is 1. The topological polar surface area (TPSA) is 26.3 Å². The van der Waals surface area contributed by atoms with Crippen molar-refractivity contribution >= 4 is 44.1 Å². The van der Waals surface area contributed by atoms with Crippen LogP contribution in [0, 0.1) is 5.92 Å². The van der Waals surface area contributed by atoms with Gasteiger partial charge in [-0.15, -0.1) is 0 Å². The molecule has 0 saturated carbocycles. The minimum atomic E-state index is -0.828. The Morgan fingerprint density at radius 3 is 2.35 bits per heavy atom. The lowest BCUT2D eigenvalue weighted by molar-refractivity contribution is 0.0976. The van der Waals surface area contributed by atoms with Crippen molar-refractivity contribution in [3.05, 3.63) is 101 Å². The Labute approximate surface area is 183 Å². The molecule has 0 N–H and O–H groups in total. The number of hydrogen-bond acceptors (Lipinski definition) is 2. The molecule has 2 aliphatic rings. The average molecular weight is 422 g/mol. The molecule has 6 rings (SSSR count). The van der Waals surface area contributed by atoms with Gasteiger partial charge in [0.15, 0.2) is 5.78 Å². The fraction of sp³-hybridized carbons (Fsp3) is 0.0714. The number of hydrogen-bond donors (Lipinski definition) is 0. The summed E-state index contributed by atoms with van der Waals surface area (Å²) in [6, 6.07) is 29.2. The van der Waals surface area contributed by atoms with E-state index in [-0.39, 0.29) is 11.7 Å². The summed E-state index contributed by atoms with van der Waals surface area (Å²) in [7, 11) is 0.859. The highest BCUT2D eigenvalue weighted by atomic mass is 32.2. The molecule has 0 fully saturated rings. The van der Waals surface area contributed by atoms with E-state index in [0.29, 0.717) is 0 Å². The van der Waals surface area contributed by atoms with Gasteiger partial charge in [0.05, 0.1) is 12.7 Å². The van der Waals surface area contributed by atoms with Crippen LogP contribution in [0.1, 0.15) is 10.4 Å². The zero-order chi connectivity index (χ0) is 20.9. The highest BCUT2D eigenvalue weighted by Crippen LogP contribution is 2.37. The lowest BCUT2D eigenvalue weighted by Gasteiger charge is -2.25. The van der Waals surface area contributed by atoms with Gasteiger partial charge < -0.3 is 4.74 Å². The number of rotatable bonds is 2. The van der Waals surface area contributed by atoms with Crippen molar-refractivity contribution in [1.82, 2.24) is 0 Å². The largest absolute Gasteiger partial charge is 0.497 e. The van der Waals surface area contributed by atoms with Gasteiger partial charge >= 0.3 is 0 Å². The van der Waals surface area contributed by atoms with Crippen LogP contribution in [0.2, 0.25) is 0 Å². The Morgan fingerprint density at radius 2 is 1.55 bits per heavy atom. The van der Waals surface area contributed by atoms with E-state index in [1.165, 1.54) is 15.0 Å². The fourth-order valence-corrected chi connectivity index (χ4v) is 7.46. The zero-order valence-electron chi connectivity index (χ0n) is 17.1. The molecule has 2 atom stereocenters. The van der Waals surface area contributed by atoms with Crippen LogP contribution in [0.25, 0.3) is 22.9 Å². The lowest BCUT2D eigenvalue weighted by Crippen LogP contribution is -2.40. The van der Waals surface area contributed by atoms with Crippen LogP contribution in [0.5, 0.6) is 5.75 Å². The highest BCUT2D eigenvalue weighted by molar-refractivity contribution is 7.97. The number of carbonyl (C=O) groups is 1. The predicted octanol–water partition coefficient (Wildman–Crippen LogP) is 3.88. The van der Waals surface area contributed by atoms with Gasteiger partial charge in [-0.05, 0) is 63.7 Å². The van der Waals surface area contributed by atoms with Crippen molar-refractivity contribution in [2.75, 3.05) is 7.11 Å². The first-order chi connectivity index (χ1) is 15.2. The fourth-order valence-electron chi connectivity index (χ4n) is 4.74. The molecule has 0 aromatic heterocycles. The van der Waals surface area contributed by atoms with E-state index in [0.717, 1.165) is 32.2 Å². The van der Waals surface area contributed by atoms with Crippen molar-refractivity contribution in [1.29, 1.82) is 0 Å². The Balaban J connectivity index is 1.73. The van der Waals surface area contributed by atoms with Crippen molar-refractivity contribution < 1.29 is 9.53 Å². The summed E-state index contributed by atoms with van der Waals surface area (Å²) in [5.74, 6) is 0.831. The maximum Gasteiger partial charge on any atom is 0.184 e. The first-order valence-corrected chi connectivity index (χ1v) is 11.7. The first-order valence-electron chi connectivity index (χ1n) is 10.4. The van der Waals surface area contributed by atoms with Gasteiger partial charge in [-0.2, -0.15) is 0 Å². The van der Waals surface area contributed by atoms with E-state index < -0.39 is 10.5 Å². The smallest absolute Gasteiger partial charge is 0.184 e. The molecule has 1 heterocycles. The van der Waals surface area contributed by atoms with Crippen LogP contribution in [-0.4, -0.2) is 17.8 Å². The van der Waals surface area contributed by atoms with Gasteiger partial charge in [-0.25, -0.2) is 0 Å². The second kappa shape index (κ2) is 7.07. The van der Waals surface area contributed by atoms with Gasteiger partial charge in [0, 0.05) is 0 Å². The van der Waals surface area contributed by atoms with E-state index in [4.69, 9.17) is 4.74 Å². The van der Waals surface area contributed by atoms with E-state index in [1.54, 1.807) is 7.11 Å². The molecule has 0 bridgehead atoms. The van der Waals surface area contributed by atoms with Crippen LogP contribution in [0.3, 0.4) is 0 Å². The third-order valence-electron chi connectivity index (χ3n) is 6.23. The summed E-state index contributed by atoms with van der Waals surface area (Å²) in [5, 5.41) is 4.49. The number of Topliss-reactive ketones (excluding diaryl/α,β-unsaturated/α-hetero) is 1. The number of methoxy groups -OCH3 is 1. The Kier molecular flexibility index (Phi) is 4.18. The maximum absolute atomic E-state index is 13.9. The molecule has 4 aromatic rings. The SMILES string of the molecule is COc1ccc([SH+]2=C3C=c4ccccc4=CC3C(=O)c3c2ccc2ccccc32)cc1. The van der Waals surface area contributed by atoms with Gasteiger partial charge in [0.25, 0.3) is 0 Å². The molecule has 2 unspecified atom stereocenters. The molecule has 150 valence electrons. The zero-order valence-corrected chi connectivity index (χ0v) is 18.0. The van der Waals surface area contributed by atoms with Crippen LogP contribution < -0.4 is 15.2 Å². The van der Waals surface area contributed by atoms with E-state index in [9.17, 15) is 4.79 Å². The summed E-state index contributed by atoms with van der Waals surface area (Å²) in [6.45, 7) is 0. The highest BCUT2D eigenvalue weighted by Gasteiger charge is 2.39. The molecule has 1 aliphatic carbocycles. The minimum Gasteiger partial charge on any atom is -0.497 e. The summed E-state index contributed by atoms with van der Waals surface area (Å²) in [5.41, 5.74) is 0.887. The third kappa shape index (κ3) is 2.81. The van der Waals surface area contributed by atoms with Crippen LogP contribution in [0.15, 0.2) is 94.7 Å². The molecule has 3 heteroatoms. The summed E-state index contributed by atoms with van der Waals surface area (Å²) in [4.78, 5) is 17.5. The van der Waals surface area contributed by atoms with Gasteiger partial charge in [-0.3, -0.25) is 4.79 Å². The van der Waals surface area contributed by atoms with Crippen molar-refractivity contribution in [2.45, 2.75) is 9.79 Å². The first kappa shape index (κ1) is 18.3. The molecule has 0 spiro atoms. The van der Waals surface area contributed by atoms with Crippen molar-refractivity contribution in [3.8, 4) is 5.75 Å². The summed E-state index contributed by atoms with van der Waals surface area (Å²) in [6.07, 6.45) is 4.42. The maximum atomic E-state index is 13.9. The molecular weight excluding hydrogens is 400 g/mol. The summed E-state index contributed by atoms with van der Waals surface area (Å²) >= 11 is 0. The van der Waals surface area contributed by atoms with E-state index in [1.807, 2.05) is 30.3 Å². The molecule has 31 heavy (non-hydrogen) atoms.